The minimum atomic E-state index is -4.26. The normalized spacial score (nSPS) is 25.7. The second-order valence-electron chi connectivity index (χ2n) is 3.96. The van der Waals surface area contributed by atoms with Crippen LogP contribution in [-0.4, -0.2) is 40.4 Å². The van der Waals surface area contributed by atoms with Gasteiger partial charge in [-0.2, -0.15) is 13.2 Å². The Morgan fingerprint density at radius 1 is 1.53 bits per heavy atom. The number of hydrogen-bond acceptors (Lipinski definition) is 3. The van der Waals surface area contributed by atoms with Crippen molar-refractivity contribution in [1.82, 2.24) is 9.88 Å². The van der Waals surface area contributed by atoms with Gasteiger partial charge in [0.05, 0.1) is 24.4 Å². The van der Waals surface area contributed by atoms with E-state index < -0.39 is 24.9 Å². The zero-order valence-corrected chi connectivity index (χ0v) is 10.2. The molecule has 3 nitrogen and oxygen atoms in total. The maximum absolute atomic E-state index is 12.3. The number of likely N-dealkylation sites (tertiary alicyclic amines) is 1. The topological polar surface area (TPSA) is 36.4 Å². The van der Waals surface area contributed by atoms with Gasteiger partial charge >= 0.3 is 6.18 Å². The number of halogens is 4. The fourth-order valence-corrected chi connectivity index (χ4v) is 2.27. The number of aliphatic hydroxyl groups excluding tert-OH is 1. The summed E-state index contributed by atoms with van der Waals surface area (Å²) in [7, 11) is 0. The average molecular weight is 311 g/mol. The minimum Gasteiger partial charge on any atom is -0.390 e. The first-order valence-electron chi connectivity index (χ1n) is 4.97. The first-order chi connectivity index (χ1) is 7.87. The van der Waals surface area contributed by atoms with Crippen molar-refractivity contribution < 1.29 is 18.3 Å². The van der Waals surface area contributed by atoms with E-state index in [4.69, 9.17) is 0 Å². The molecule has 7 heteroatoms. The summed E-state index contributed by atoms with van der Waals surface area (Å²) in [6.07, 6.45) is -3.56. The molecule has 0 bridgehead atoms. The lowest BCUT2D eigenvalue weighted by molar-refractivity contribution is -0.182. The van der Waals surface area contributed by atoms with E-state index in [1.165, 1.54) is 11.1 Å². The highest BCUT2D eigenvalue weighted by Crippen LogP contribution is 2.35. The first-order valence-corrected chi connectivity index (χ1v) is 5.76. The summed E-state index contributed by atoms with van der Waals surface area (Å²) >= 11 is 3.22. The van der Waals surface area contributed by atoms with Crippen LogP contribution in [0.15, 0.2) is 22.8 Å². The van der Waals surface area contributed by atoms with Gasteiger partial charge in [-0.05, 0) is 12.1 Å². The number of aromatic nitrogens is 1. The van der Waals surface area contributed by atoms with Gasteiger partial charge in [0.25, 0.3) is 0 Å². The zero-order chi connectivity index (χ0) is 12.6. The maximum atomic E-state index is 12.3. The Hall–Kier alpha value is -0.660. The van der Waals surface area contributed by atoms with Crippen LogP contribution >= 0.6 is 15.9 Å². The van der Waals surface area contributed by atoms with Crippen LogP contribution < -0.4 is 0 Å². The number of nitrogens with zero attached hydrogens (tertiary/aromatic N) is 2. The Morgan fingerprint density at radius 2 is 2.24 bits per heavy atom. The molecule has 1 aliphatic rings. The van der Waals surface area contributed by atoms with Crippen LogP contribution in [0.5, 0.6) is 0 Å². The molecule has 1 fully saturated rings. The summed E-state index contributed by atoms with van der Waals surface area (Å²) in [5, 5.41) is 9.55. The van der Waals surface area contributed by atoms with E-state index in [0.29, 0.717) is 5.69 Å². The van der Waals surface area contributed by atoms with Crippen molar-refractivity contribution in [2.24, 2.45) is 0 Å². The average Bonchev–Trinajstić information content (AvgIpc) is 2.14. The van der Waals surface area contributed by atoms with Crippen molar-refractivity contribution in [3.63, 3.8) is 0 Å². The molecular formula is C10H10BrF3N2O. The molecule has 1 aromatic rings. The molecule has 0 aliphatic carbocycles. The molecule has 2 unspecified atom stereocenters. The fourth-order valence-electron chi connectivity index (χ4n) is 1.92. The van der Waals surface area contributed by atoms with Crippen LogP contribution in [0.1, 0.15) is 11.7 Å². The van der Waals surface area contributed by atoms with Crippen LogP contribution in [0.25, 0.3) is 0 Å². The smallest absolute Gasteiger partial charge is 0.390 e. The molecule has 2 rings (SSSR count). The highest BCUT2D eigenvalue weighted by molar-refractivity contribution is 9.10. The highest BCUT2D eigenvalue weighted by atomic mass is 79.9. The number of alkyl halides is 3. The molecule has 1 aliphatic heterocycles. The molecular weight excluding hydrogens is 301 g/mol. The lowest BCUT2D eigenvalue weighted by Crippen LogP contribution is -2.56. The largest absolute Gasteiger partial charge is 0.401 e. The van der Waals surface area contributed by atoms with Gasteiger partial charge < -0.3 is 5.11 Å². The van der Waals surface area contributed by atoms with Crippen molar-refractivity contribution in [1.29, 1.82) is 0 Å². The second-order valence-corrected chi connectivity index (χ2v) is 4.87. The molecule has 0 radical (unpaired) electrons. The highest BCUT2D eigenvalue weighted by Gasteiger charge is 2.45. The first kappa shape index (κ1) is 12.8. The molecule has 1 aromatic heterocycles. The molecule has 1 saturated heterocycles. The third kappa shape index (κ3) is 2.97. The van der Waals surface area contributed by atoms with Crippen molar-refractivity contribution >= 4 is 15.9 Å². The zero-order valence-electron chi connectivity index (χ0n) is 8.65. The minimum absolute atomic E-state index is 0.0262. The third-order valence-corrected chi connectivity index (χ3v) is 3.10. The van der Waals surface area contributed by atoms with Crippen LogP contribution in [0, 0.1) is 0 Å². The van der Waals surface area contributed by atoms with Crippen molar-refractivity contribution in [2.45, 2.75) is 18.3 Å². The van der Waals surface area contributed by atoms with Gasteiger partial charge in [0, 0.05) is 17.2 Å². The molecule has 2 heterocycles. The molecule has 0 aromatic carbocycles. The fraction of sp³-hybridized carbons (Fsp3) is 0.500. The lowest BCUT2D eigenvalue weighted by atomic mass is 9.95. The van der Waals surface area contributed by atoms with Gasteiger partial charge in [-0.3, -0.25) is 9.88 Å². The van der Waals surface area contributed by atoms with Gasteiger partial charge in [-0.25, -0.2) is 0 Å². The van der Waals surface area contributed by atoms with E-state index >= 15 is 0 Å². The van der Waals surface area contributed by atoms with E-state index in [1.54, 1.807) is 12.1 Å². The van der Waals surface area contributed by atoms with E-state index in [-0.39, 0.29) is 6.54 Å². The molecule has 1 N–H and O–H groups in total. The van der Waals surface area contributed by atoms with Crippen molar-refractivity contribution in [2.75, 3.05) is 13.1 Å². The standard InChI is InChI=1S/C10H10BrF3N2O/c11-6-1-2-15-7(3-6)9-8(17)4-16(9)5-10(12,13)14/h1-3,8-9,17H,4-5H2. The van der Waals surface area contributed by atoms with E-state index in [1.807, 2.05) is 0 Å². The Balaban J connectivity index is 2.13. The van der Waals surface area contributed by atoms with Crippen molar-refractivity contribution in [3.8, 4) is 0 Å². The number of pyridine rings is 1. The van der Waals surface area contributed by atoms with Gasteiger partial charge in [-0.1, -0.05) is 15.9 Å². The number of hydrogen-bond donors (Lipinski definition) is 1. The Labute approximate surface area is 104 Å². The Morgan fingerprint density at radius 3 is 2.76 bits per heavy atom. The quantitative estimate of drug-likeness (QED) is 0.909. The van der Waals surface area contributed by atoms with Crippen LogP contribution in [0.4, 0.5) is 13.2 Å². The molecule has 0 amide bonds. The van der Waals surface area contributed by atoms with Gasteiger partial charge in [0.1, 0.15) is 0 Å². The summed E-state index contributed by atoms with van der Waals surface area (Å²) < 4.78 is 37.5. The van der Waals surface area contributed by atoms with Gasteiger partial charge in [0.15, 0.2) is 0 Å². The number of β-amino-alcohol motifs (C(OH)–C–C–N with tert-alkyl or cyclic N) is 1. The predicted octanol–water partition coefficient (Wildman–Crippen LogP) is 2.12. The monoisotopic (exact) mass is 310 g/mol. The summed E-state index contributed by atoms with van der Waals surface area (Å²) in [6.45, 7) is -0.999. The van der Waals surface area contributed by atoms with E-state index in [2.05, 4.69) is 20.9 Å². The number of rotatable bonds is 2. The molecule has 17 heavy (non-hydrogen) atoms. The van der Waals surface area contributed by atoms with Crippen LogP contribution in [-0.2, 0) is 0 Å². The molecule has 94 valence electrons. The number of aliphatic hydroxyl groups is 1. The molecule has 0 saturated carbocycles. The predicted molar refractivity (Wildman–Crippen MR) is 58.3 cm³/mol. The molecule has 2 atom stereocenters. The third-order valence-electron chi connectivity index (χ3n) is 2.61. The van der Waals surface area contributed by atoms with Gasteiger partial charge in [0.2, 0.25) is 0 Å². The SMILES string of the molecule is OC1CN(CC(F)(F)F)C1c1cc(Br)ccn1. The second kappa shape index (κ2) is 4.55. The Kier molecular flexibility index (Phi) is 3.42. The van der Waals surface area contributed by atoms with E-state index in [9.17, 15) is 18.3 Å². The summed E-state index contributed by atoms with van der Waals surface area (Å²) in [5.74, 6) is 0. The van der Waals surface area contributed by atoms with Gasteiger partial charge in [-0.15, -0.1) is 0 Å². The van der Waals surface area contributed by atoms with Crippen LogP contribution in [0.2, 0.25) is 0 Å². The summed E-state index contributed by atoms with van der Waals surface area (Å²) in [5.41, 5.74) is 0.447. The molecule has 0 spiro atoms. The Bertz CT molecular complexity index is 413. The van der Waals surface area contributed by atoms with Crippen LogP contribution in [0.3, 0.4) is 0 Å². The van der Waals surface area contributed by atoms with Crippen molar-refractivity contribution in [3.05, 3.63) is 28.5 Å². The lowest BCUT2D eigenvalue weighted by Gasteiger charge is -2.45. The summed E-state index contributed by atoms with van der Waals surface area (Å²) in [6, 6.07) is 2.63. The summed E-state index contributed by atoms with van der Waals surface area (Å²) in [4.78, 5) is 5.16. The van der Waals surface area contributed by atoms with E-state index in [0.717, 1.165) is 4.47 Å². The maximum Gasteiger partial charge on any atom is 0.401 e.